The number of aliphatic hydroxyl groups excluding tert-OH is 1. The summed E-state index contributed by atoms with van der Waals surface area (Å²) in [4.78, 5) is 66.1. The van der Waals surface area contributed by atoms with E-state index in [9.17, 15) is 34.4 Å². The van der Waals surface area contributed by atoms with Gasteiger partial charge in [0.25, 0.3) is 5.09 Å². The van der Waals surface area contributed by atoms with Crippen molar-refractivity contribution in [2.75, 3.05) is 6.61 Å². The molecule has 0 radical (unpaired) electrons. The molecule has 14 heteroatoms. The van der Waals surface area contributed by atoms with Crippen LogP contribution >= 0.6 is 0 Å². The van der Waals surface area contributed by atoms with Crippen LogP contribution in [0.15, 0.2) is 48.1 Å². The third-order valence-electron chi connectivity index (χ3n) is 11.7. The number of alkyl halides is 1. The SMILES string of the molecule is CC1(C)O[C@@H]2C[C@H]3C4CCC5=CC(=O)C=C[C@]5(C)[C@@]4(F)[C@@H](O)C[C@]3(C)[C@]2(C(=O)COC(=O)CCC(=O)OCc2ccc(CO[N+](=O)[O-])cc2)O1. The Morgan fingerprint density at radius 2 is 1.66 bits per heavy atom. The Morgan fingerprint density at radius 1 is 1.02 bits per heavy atom. The predicted octanol–water partition coefficient (Wildman–Crippen LogP) is 4.20. The molecule has 50 heavy (non-hydrogen) atoms. The zero-order valence-corrected chi connectivity index (χ0v) is 28.5. The van der Waals surface area contributed by atoms with Crippen LogP contribution < -0.4 is 0 Å². The van der Waals surface area contributed by atoms with Gasteiger partial charge in [0.15, 0.2) is 29.4 Å². The molecule has 1 aliphatic heterocycles. The highest BCUT2D eigenvalue weighted by molar-refractivity contribution is 6.01. The summed E-state index contributed by atoms with van der Waals surface area (Å²) < 4.78 is 40.9. The second-order valence-corrected chi connectivity index (χ2v) is 14.9. The van der Waals surface area contributed by atoms with E-state index in [-0.39, 0.29) is 38.3 Å². The number of ketones is 2. The molecule has 4 fully saturated rings. The van der Waals surface area contributed by atoms with E-state index in [1.807, 2.05) is 6.92 Å². The number of benzene rings is 1. The van der Waals surface area contributed by atoms with Gasteiger partial charge >= 0.3 is 11.9 Å². The molecule has 5 aliphatic rings. The normalized spacial score (nSPS) is 36.3. The smallest absolute Gasteiger partial charge is 0.306 e. The molecule has 1 aromatic carbocycles. The molecule has 1 unspecified atom stereocenters. The van der Waals surface area contributed by atoms with Crippen LogP contribution in [0.1, 0.15) is 77.3 Å². The molecule has 8 atom stereocenters. The van der Waals surface area contributed by atoms with Gasteiger partial charge in [0.1, 0.15) is 13.2 Å². The highest BCUT2D eigenvalue weighted by Crippen LogP contribution is 2.72. The molecule has 13 nitrogen and oxygen atoms in total. The first-order valence-corrected chi connectivity index (χ1v) is 16.8. The maximum Gasteiger partial charge on any atom is 0.306 e. The number of allylic oxidation sites excluding steroid dienone is 4. The Labute approximate surface area is 288 Å². The van der Waals surface area contributed by atoms with Gasteiger partial charge in [-0.2, -0.15) is 0 Å². The summed E-state index contributed by atoms with van der Waals surface area (Å²) in [7, 11) is 0. The number of carbonyl (C=O) groups is 4. The number of esters is 2. The Balaban J connectivity index is 1.10. The molecular formula is C36H42FNO12. The molecule has 1 heterocycles. The summed E-state index contributed by atoms with van der Waals surface area (Å²) in [5.74, 6) is -4.53. The van der Waals surface area contributed by atoms with E-state index >= 15 is 4.39 Å². The van der Waals surface area contributed by atoms with Crippen molar-refractivity contribution >= 4 is 23.5 Å². The van der Waals surface area contributed by atoms with Crippen LogP contribution in [0.2, 0.25) is 0 Å². The van der Waals surface area contributed by atoms with Gasteiger partial charge in [-0.15, -0.1) is 10.1 Å². The predicted molar refractivity (Wildman–Crippen MR) is 170 cm³/mol. The summed E-state index contributed by atoms with van der Waals surface area (Å²) >= 11 is 0. The summed E-state index contributed by atoms with van der Waals surface area (Å²) in [5.41, 5.74) is -4.18. The fourth-order valence-corrected chi connectivity index (χ4v) is 9.43. The minimum atomic E-state index is -2.10. The molecule has 1 N–H and O–H groups in total. The van der Waals surface area contributed by atoms with Crippen molar-refractivity contribution in [2.24, 2.45) is 22.7 Å². The number of halogens is 1. The minimum absolute atomic E-state index is 0.0856. The lowest BCUT2D eigenvalue weighted by molar-refractivity contribution is -0.763. The van der Waals surface area contributed by atoms with Crippen molar-refractivity contribution < 1.29 is 57.5 Å². The number of Topliss-reactive ketones (excluding diaryl/α,β-unsaturated/α-hetero) is 1. The topological polar surface area (TPSA) is 178 Å². The second kappa shape index (κ2) is 12.6. The number of carbonyl (C=O) groups excluding carboxylic acids is 4. The van der Waals surface area contributed by atoms with Crippen molar-refractivity contribution in [3.05, 3.63) is 69.3 Å². The van der Waals surface area contributed by atoms with Crippen molar-refractivity contribution in [1.82, 2.24) is 0 Å². The molecule has 0 amide bonds. The maximum absolute atomic E-state index is 17.6. The van der Waals surface area contributed by atoms with E-state index in [4.69, 9.17) is 18.9 Å². The summed E-state index contributed by atoms with van der Waals surface area (Å²) in [6.45, 7) is 5.93. The third kappa shape index (κ3) is 5.74. The Kier molecular flexibility index (Phi) is 9.05. The molecular weight excluding hydrogens is 657 g/mol. The first kappa shape index (κ1) is 35.8. The zero-order valence-electron chi connectivity index (χ0n) is 28.5. The molecule has 4 aliphatic carbocycles. The minimum Gasteiger partial charge on any atom is -0.461 e. The summed E-state index contributed by atoms with van der Waals surface area (Å²) in [6, 6.07) is 6.44. The largest absolute Gasteiger partial charge is 0.461 e. The number of aliphatic hydroxyl groups is 1. The number of hydrogen-bond donors (Lipinski definition) is 1. The standard InChI is InChI=1S/C36H42FNO12/c1-32(2)49-29-16-26-25-10-9-23-15-24(39)13-14-33(23,3)35(25,37)27(40)17-34(26,4)36(29,50-32)28(41)20-47-31(43)12-11-30(42)46-18-21-5-7-22(8-6-21)19-48-38(44)45/h5-8,13-15,25-27,29,40H,9-12,16-20H2,1-4H3/t25?,26-,27-,29+,33-,34-,35-,36+/m0/s1. The first-order chi connectivity index (χ1) is 23.4. The summed E-state index contributed by atoms with van der Waals surface area (Å²) in [5, 5.41) is 21.2. The van der Waals surface area contributed by atoms with E-state index in [1.165, 1.54) is 12.2 Å². The van der Waals surface area contributed by atoms with Gasteiger partial charge in [0.05, 0.1) is 25.0 Å². The van der Waals surface area contributed by atoms with Crippen LogP contribution in [-0.2, 0) is 56.2 Å². The monoisotopic (exact) mass is 699 g/mol. The fraction of sp³-hybridized carbons (Fsp3) is 0.611. The van der Waals surface area contributed by atoms with Gasteiger partial charge < -0.3 is 28.9 Å². The first-order valence-electron chi connectivity index (χ1n) is 16.8. The Hall–Kier alpha value is -4.01. The molecule has 0 bridgehead atoms. The number of nitrogens with zero attached hydrogens (tertiary/aromatic N) is 1. The second-order valence-electron chi connectivity index (χ2n) is 14.9. The molecule has 6 rings (SSSR count). The van der Waals surface area contributed by atoms with Crippen LogP contribution in [-0.4, -0.2) is 69.6 Å². The van der Waals surface area contributed by atoms with E-state index in [0.717, 1.165) is 0 Å². The average Bonchev–Trinajstić information content (AvgIpc) is 3.47. The fourth-order valence-electron chi connectivity index (χ4n) is 9.43. The Morgan fingerprint density at radius 3 is 2.32 bits per heavy atom. The van der Waals surface area contributed by atoms with Gasteiger partial charge in [0, 0.05) is 16.7 Å². The molecule has 0 spiro atoms. The van der Waals surface area contributed by atoms with E-state index in [2.05, 4.69) is 4.84 Å². The molecule has 1 aromatic rings. The average molecular weight is 700 g/mol. The van der Waals surface area contributed by atoms with Crippen LogP contribution in [0.25, 0.3) is 0 Å². The quantitative estimate of drug-likeness (QED) is 0.198. The molecule has 270 valence electrons. The van der Waals surface area contributed by atoms with E-state index in [0.29, 0.717) is 36.0 Å². The van der Waals surface area contributed by atoms with Crippen LogP contribution in [0.4, 0.5) is 4.39 Å². The third-order valence-corrected chi connectivity index (χ3v) is 11.7. The maximum atomic E-state index is 17.6. The Bertz CT molecular complexity index is 1660. The highest BCUT2D eigenvalue weighted by atomic mass is 19.1. The van der Waals surface area contributed by atoms with Crippen molar-refractivity contribution in [1.29, 1.82) is 0 Å². The van der Waals surface area contributed by atoms with Crippen molar-refractivity contribution in [2.45, 2.75) is 109 Å². The van der Waals surface area contributed by atoms with Crippen LogP contribution in [0.5, 0.6) is 0 Å². The number of rotatable bonds is 11. The molecule has 0 aromatic heterocycles. The van der Waals surface area contributed by atoms with Gasteiger partial charge in [-0.1, -0.05) is 42.8 Å². The number of hydrogen-bond acceptors (Lipinski definition) is 12. The molecule has 1 saturated heterocycles. The van der Waals surface area contributed by atoms with Gasteiger partial charge in [0.2, 0.25) is 5.78 Å². The lowest BCUT2D eigenvalue weighted by Gasteiger charge is -2.62. The number of fused-ring (bicyclic) bond motifs is 7. The van der Waals surface area contributed by atoms with Crippen LogP contribution in [0.3, 0.4) is 0 Å². The van der Waals surface area contributed by atoms with E-state index in [1.54, 1.807) is 51.1 Å². The van der Waals surface area contributed by atoms with Gasteiger partial charge in [-0.25, -0.2) is 4.39 Å². The highest BCUT2D eigenvalue weighted by Gasteiger charge is 2.80. The lowest BCUT2D eigenvalue weighted by atomic mass is 9.44. The van der Waals surface area contributed by atoms with E-state index < -0.39 is 81.3 Å². The summed E-state index contributed by atoms with van der Waals surface area (Å²) in [6.07, 6.45) is 2.47. The van der Waals surface area contributed by atoms with Gasteiger partial charge in [-0.05, 0) is 75.7 Å². The van der Waals surface area contributed by atoms with Gasteiger partial charge in [-0.3, -0.25) is 19.2 Å². The lowest BCUT2D eigenvalue weighted by Crippen LogP contribution is -2.70. The van der Waals surface area contributed by atoms with Crippen molar-refractivity contribution in [3.8, 4) is 0 Å². The zero-order chi connectivity index (χ0) is 36.3. The molecule has 3 saturated carbocycles. The van der Waals surface area contributed by atoms with Crippen molar-refractivity contribution in [3.63, 3.8) is 0 Å². The number of ether oxygens (including phenoxy) is 4. The van der Waals surface area contributed by atoms with Crippen LogP contribution in [0, 0.1) is 32.8 Å².